The van der Waals surface area contributed by atoms with Gasteiger partial charge in [0.25, 0.3) is 0 Å². The van der Waals surface area contributed by atoms with Crippen molar-refractivity contribution < 1.29 is 9.53 Å². The van der Waals surface area contributed by atoms with Gasteiger partial charge in [0, 0.05) is 17.4 Å². The van der Waals surface area contributed by atoms with Crippen LogP contribution in [0.15, 0.2) is 48.5 Å². The minimum Gasteiger partial charge on any atom is -0.494 e. The standard InChI is InChI=1S/C21H28N2O2/c1-3-4-5-6-13-25-20-12-8-10-18(15-20)22-16-21(24)23-19-11-7-9-17(2)14-19/h7-12,14-15,22H,3-6,13,16H2,1-2H3,(H,23,24). The maximum atomic E-state index is 12.0. The first-order valence-corrected chi connectivity index (χ1v) is 9.00. The lowest BCUT2D eigenvalue weighted by Gasteiger charge is -2.10. The summed E-state index contributed by atoms with van der Waals surface area (Å²) in [6.07, 6.45) is 4.75. The van der Waals surface area contributed by atoms with Gasteiger partial charge in [-0.05, 0) is 43.2 Å². The van der Waals surface area contributed by atoms with E-state index in [0.717, 1.165) is 35.7 Å². The first kappa shape index (κ1) is 18.8. The van der Waals surface area contributed by atoms with Crippen LogP contribution >= 0.6 is 0 Å². The molecule has 0 radical (unpaired) electrons. The van der Waals surface area contributed by atoms with Gasteiger partial charge in [0.1, 0.15) is 5.75 Å². The van der Waals surface area contributed by atoms with Crippen molar-refractivity contribution in [3.63, 3.8) is 0 Å². The number of unbranched alkanes of at least 4 members (excludes halogenated alkanes) is 3. The molecule has 134 valence electrons. The number of hydrogen-bond acceptors (Lipinski definition) is 3. The molecule has 2 aromatic rings. The molecule has 0 aliphatic rings. The Morgan fingerprint density at radius 1 is 1.00 bits per heavy atom. The van der Waals surface area contributed by atoms with E-state index in [2.05, 4.69) is 17.6 Å². The van der Waals surface area contributed by atoms with Gasteiger partial charge in [-0.3, -0.25) is 4.79 Å². The average molecular weight is 340 g/mol. The van der Waals surface area contributed by atoms with Crippen LogP contribution < -0.4 is 15.4 Å². The molecular formula is C21H28N2O2. The van der Waals surface area contributed by atoms with E-state index in [1.165, 1.54) is 19.3 Å². The number of amides is 1. The maximum Gasteiger partial charge on any atom is 0.243 e. The lowest BCUT2D eigenvalue weighted by Crippen LogP contribution is -2.21. The smallest absolute Gasteiger partial charge is 0.243 e. The fourth-order valence-electron chi connectivity index (χ4n) is 2.53. The number of aryl methyl sites for hydroxylation is 1. The van der Waals surface area contributed by atoms with Gasteiger partial charge < -0.3 is 15.4 Å². The molecule has 2 aromatic carbocycles. The summed E-state index contributed by atoms with van der Waals surface area (Å²) in [5.41, 5.74) is 2.82. The van der Waals surface area contributed by atoms with Crippen LogP contribution in [0.5, 0.6) is 5.75 Å². The highest BCUT2D eigenvalue weighted by molar-refractivity contribution is 5.93. The summed E-state index contributed by atoms with van der Waals surface area (Å²) in [5, 5.41) is 6.03. The second-order valence-corrected chi connectivity index (χ2v) is 6.21. The monoisotopic (exact) mass is 340 g/mol. The minimum absolute atomic E-state index is 0.0727. The van der Waals surface area contributed by atoms with Crippen LogP contribution in [0, 0.1) is 6.92 Å². The molecule has 0 bridgehead atoms. The van der Waals surface area contributed by atoms with E-state index >= 15 is 0 Å². The minimum atomic E-state index is -0.0727. The van der Waals surface area contributed by atoms with Crippen LogP contribution in [-0.2, 0) is 4.79 Å². The van der Waals surface area contributed by atoms with Gasteiger partial charge in [-0.25, -0.2) is 0 Å². The summed E-state index contributed by atoms with van der Waals surface area (Å²) in [6.45, 7) is 5.15. The second kappa shape index (κ2) is 10.4. The highest BCUT2D eigenvalue weighted by Crippen LogP contribution is 2.18. The molecule has 0 aromatic heterocycles. The van der Waals surface area contributed by atoms with Crippen molar-refractivity contribution in [2.75, 3.05) is 23.8 Å². The van der Waals surface area contributed by atoms with Gasteiger partial charge in [0.2, 0.25) is 5.91 Å². The van der Waals surface area contributed by atoms with E-state index < -0.39 is 0 Å². The summed E-state index contributed by atoms with van der Waals surface area (Å²) >= 11 is 0. The number of anilines is 2. The SMILES string of the molecule is CCCCCCOc1cccc(NCC(=O)Nc2cccc(C)c2)c1. The molecule has 0 atom stereocenters. The highest BCUT2D eigenvalue weighted by atomic mass is 16.5. The number of ether oxygens (including phenoxy) is 1. The Balaban J connectivity index is 1.76. The molecule has 4 heteroatoms. The maximum absolute atomic E-state index is 12.0. The summed E-state index contributed by atoms with van der Waals surface area (Å²) in [5.74, 6) is 0.761. The van der Waals surface area contributed by atoms with Crippen LogP contribution in [0.3, 0.4) is 0 Å². The summed E-state index contributed by atoms with van der Waals surface area (Å²) in [7, 11) is 0. The Hall–Kier alpha value is -2.49. The van der Waals surface area contributed by atoms with E-state index in [1.807, 2.05) is 55.5 Å². The van der Waals surface area contributed by atoms with Crippen LogP contribution in [-0.4, -0.2) is 19.1 Å². The molecule has 25 heavy (non-hydrogen) atoms. The number of carbonyl (C=O) groups is 1. The van der Waals surface area contributed by atoms with E-state index in [4.69, 9.17) is 4.74 Å². The van der Waals surface area contributed by atoms with Gasteiger partial charge in [-0.1, -0.05) is 44.4 Å². The van der Waals surface area contributed by atoms with Crippen molar-refractivity contribution >= 4 is 17.3 Å². The summed E-state index contributed by atoms with van der Waals surface area (Å²) in [4.78, 5) is 12.0. The number of hydrogen-bond donors (Lipinski definition) is 2. The van der Waals surface area contributed by atoms with Crippen LogP contribution in [0.2, 0.25) is 0 Å². The molecule has 0 aliphatic carbocycles. The molecule has 2 N–H and O–H groups in total. The molecule has 0 unspecified atom stereocenters. The number of benzene rings is 2. The molecule has 4 nitrogen and oxygen atoms in total. The predicted molar refractivity (Wildman–Crippen MR) is 104 cm³/mol. The van der Waals surface area contributed by atoms with Crippen molar-refractivity contribution in [2.45, 2.75) is 39.5 Å². The number of nitrogens with one attached hydrogen (secondary N) is 2. The Morgan fingerprint density at radius 3 is 2.60 bits per heavy atom. The zero-order chi connectivity index (χ0) is 17.9. The zero-order valence-electron chi connectivity index (χ0n) is 15.2. The van der Waals surface area contributed by atoms with Gasteiger partial charge in [0.15, 0.2) is 0 Å². The molecule has 0 aliphatic heterocycles. The lowest BCUT2D eigenvalue weighted by molar-refractivity contribution is -0.114. The molecule has 0 spiro atoms. The summed E-state index contributed by atoms with van der Waals surface area (Å²) < 4.78 is 5.77. The van der Waals surface area contributed by atoms with Crippen LogP contribution in [0.1, 0.15) is 38.2 Å². The van der Waals surface area contributed by atoms with Crippen molar-refractivity contribution in [1.29, 1.82) is 0 Å². The fourth-order valence-corrected chi connectivity index (χ4v) is 2.53. The molecular weight excluding hydrogens is 312 g/mol. The third-order valence-corrected chi connectivity index (χ3v) is 3.86. The Bertz CT molecular complexity index is 670. The van der Waals surface area contributed by atoms with Gasteiger partial charge in [-0.15, -0.1) is 0 Å². The normalized spacial score (nSPS) is 10.3. The van der Waals surface area contributed by atoms with E-state index in [1.54, 1.807) is 0 Å². The van der Waals surface area contributed by atoms with Crippen LogP contribution in [0.25, 0.3) is 0 Å². The Kier molecular flexibility index (Phi) is 7.83. The fraction of sp³-hybridized carbons (Fsp3) is 0.381. The molecule has 0 fully saturated rings. The third kappa shape index (κ3) is 7.29. The van der Waals surface area contributed by atoms with Gasteiger partial charge in [-0.2, -0.15) is 0 Å². The Morgan fingerprint density at radius 2 is 1.80 bits per heavy atom. The van der Waals surface area contributed by atoms with E-state index in [0.29, 0.717) is 0 Å². The second-order valence-electron chi connectivity index (χ2n) is 6.21. The first-order valence-electron chi connectivity index (χ1n) is 9.00. The molecule has 0 saturated heterocycles. The number of carbonyl (C=O) groups excluding carboxylic acids is 1. The van der Waals surface area contributed by atoms with Crippen molar-refractivity contribution in [1.82, 2.24) is 0 Å². The number of rotatable bonds is 10. The average Bonchev–Trinajstić information content (AvgIpc) is 2.60. The Labute approximate surface area is 150 Å². The largest absolute Gasteiger partial charge is 0.494 e. The predicted octanol–water partition coefficient (Wildman–Crippen LogP) is 5.00. The molecule has 1 amide bonds. The van der Waals surface area contributed by atoms with Crippen molar-refractivity contribution in [2.24, 2.45) is 0 Å². The quantitative estimate of drug-likeness (QED) is 0.598. The first-order chi connectivity index (χ1) is 12.2. The van der Waals surface area contributed by atoms with Gasteiger partial charge in [0.05, 0.1) is 13.2 Å². The molecule has 2 rings (SSSR count). The van der Waals surface area contributed by atoms with Gasteiger partial charge >= 0.3 is 0 Å². The highest BCUT2D eigenvalue weighted by Gasteiger charge is 2.03. The van der Waals surface area contributed by atoms with Crippen molar-refractivity contribution in [3.05, 3.63) is 54.1 Å². The summed E-state index contributed by atoms with van der Waals surface area (Å²) in [6, 6.07) is 15.5. The molecule has 0 heterocycles. The lowest BCUT2D eigenvalue weighted by atomic mass is 10.2. The van der Waals surface area contributed by atoms with E-state index in [-0.39, 0.29) is 12.5 Å². The zero-order valence-corrected chi connectivity index (χ0v) is 15.2. The molecule has 0 saturated carbocycles. The topological polar surface area (TPSA) is 50.4 Å². The van der Waals surface area contributed by atoms with Crippen LogP contribution in [0.4, 0.5) is 11.4 Å². The van der Waals surface area contributed by atoms with E-state index in [9.17, 15) is 4.79 Å². The third-order valence-electron chi connectivity index (χ3n) is 3.86. The van der Waals surface area contributed by atoms with Crippen molar-refractivity contribution in [3.8, 4) is 5.75 Å².